The van der Waals surface area contributed by atoms with Gasteiger partial charge in [-0.05, 0) is 29.8 Å². The summed E-state index contributed by atoms with van der Waals surface area (Å²) in [6.07, 6.45) is -1.25. The summed E-state index contributed by atoms with van der Waals surface area (Å²) in [4.78, 5) is 0. The van der Waals surface area contributed by atoms with Gasteiger partial charge in [0.2, 0.25) is 0 Å². The van der Waals surface area contributed by atoms with Gasteiger partial charge in [0.1, 0.15) is 29.2 Å². The van der Waals surface area contributed by atoms with E-state index in [1.807, 2.05) is 0 Å². The first kappa shape index (κ1) is 12.9. The highest BCUT2D eigenvalue weighted by Crippen LogP contribution is 2.41. The van der Waals surface area contributed by atoms with Crippen LogP contribution in [-0.4, -0.2) is 10.2 Å². The summed E-state index contributed by atoms with van der Waals surface area (Å²) in [5.41, 5.74) is 0.903. The lowest BCUT2D eigenvalue weighted by atomic mass is 9.95. The monoisotopic (exact) mass is 278 g/mol. The maximum Gasteiger partial charge on any atom is 0.128 e. The van der Waals surface area contributed by atoms with Crippen molar-refractivity contribution in [3.05, 3.63) is 59.2 Å². The van der Waals surface area contributed by atoms with Crippen LogP contribution in [-0.2, 0) is 0 Å². The van der Waals surface area contributed by atoms with E-state index < -0.39 is 23.8 Å². The van der Waals surface area contributed by atoms with Gasteiger partial charge in [-0.2, -0.15) is 0 Å². The normalized spacial score (nSPS) is 21.1. The van der Waals surface area contributed by atoms with Crippen molar-refractivity contribution in [1.29, 1.82) is 0 Å². The minimum atomic E-state index is -0.824. The Bertz CT molecular complexity index is 637. The van der Waals surface area contributed by atoms with E-state index in [1.165, 1.54) is 30.3 Å². The molecule has 0 aromatic heterocycles. The molecule has 0 aliphatic carbocycles. The van der Waals surface area contributed by atoms with E-state index in [-0.39, 0.29) is 17.9 Å². The molecule has 5 heteroatoms. The second-order valence-electron chi connectivity index (χ2n) is 4.78. The minimum Gasteiger partial charge on any atom is -0.508 e. The van der Waals surface area contributed by atoms with E-state index in [2.05, 4.69) is 0 Å². The number of ether oxygens (including phenoxy) is 1. The first-order valence-electron chi connectivity index (χ1n) is 6.16. The number of aromatic hydroxyl groups is 1. The summed E-state index contributed by atoms with van der Waals surface area (Å²) >= 11 is 0. The largest absolute Gasteiger partial charge is 0.508 e. The van der Waals surface area contributed by atoms with Crippen LogP contribution in [0.3, 0.4) is 0 Å². The average Bonchev–Trinajstić information content (AvgIpc) is 2.36. The molecule has 2 aromatic rings. The quantitative estimate of drug-likeness (QED) is 0.842. The zero-order chi connectivity index (χ0) is 14.3. The lowest BCUT2D eigenvalue weighted by molar-refractivity contribution is 0.0651. The van der Waals surface area contributed by atoms with Gasteiger partial charge in [-0.25, -0.2) is 8.78 Å². The maximum atomic E-state index is 13.3. The second kappa shape index (κ2) is 4.76. The summed E-state index contributed by atoms with van der Waals surface area (Å²) < 4.78 is 32.1. The molecule has 1 heterocycles. The topological polar surface area (TPSA) is 49.7 Å². The Morgan fingerprint density at radius 2 is 1.85 bits per heavy atom. The molecule has 0 saturated carbocycles. The molecule has 3 nitrogen and oxygen atoms in total. The fourth-order valence-corrected chi connectivity index (χ4v) is 2.40. The van der Waals surface area contributed by atoms with Crippen LogP contribution in [0.2, 0.25) is 0 Å². The predicted molar refractivity (Wildman–Crippen MR) is 67.4 cm³/mol. The zero-order valence-corrected chi connectivity index (χ0v) is 10.4. The number of aliphatic hydroxyl groups excluding tert-OH is 1. The number of benzene rings is 2. The van der Waals surface area contributed by atoms with Crippen LogP contribution < -0.4 is 4.74 Å². The van der Waals surface area contributed by atoms with Crippen molar-refractivity contribution in [2.24, 2.45) is 0 Å². The Kier molecular flexibility index (Phi) is 3.06. The van der Waals surface area contributed by atoms with Crippen LogP contribution >= 0.6 is 0 Å². The molecule has 1 unspecified atom stereocenters. The van der Waals surface area contributed by atoms with Gasteiger partial charge in [-0.15, -0.1) is 0 Å². The molecule has 0 radical (unpaired) electrons. The molecule has 2 atom stereocenters. The first-order chi connectivity index (χ1) is 9.52. The van der Waals surface area contributed by atoms with Gasteiger partial charge in [0.25, 0.3) is 0 Å². The van der Waals surface area contributed by atoms with Crippen molar-refractivity contribution in [2.45, 2.75) is 18.6 Å². The van der Waals surface area contributed by atoms with E-state index in [0.717, 1.165) is 6.07 Å². The molecule has 0 saturated heterocycles. The predicted octanol–water partition coefficient (Wildman–Crippen LogP) is 3.23. The fourth-order valence-electron chi connectivity index (χ4n) is 2.40. The highest BCUT2D eigenvalue weighted by molar-refractivity contribution is 5.40. The van der Waals surface area contributed by atoms with Gasteiger partial charge in [0.05, 0.1) is 6.10 Å². The van der Waals surface area contributed by atoms with E-state index in [4.69, 9.17) is 4.74 Å². The van der Waals surface area contributed by atoms with Crippen molar-refractivity contribution >= 4 is 0 Å². The Balaban J connectivity index is 1.98. The van der Waals surface area contributed by atoms with E-state index in [9.17, 15) is 19.0 Å². The van der Waals surface area contributed by atoms with Gasteiger partial charge in [0, 0.05) is 24.1 Å². The molecule has 1 aliphatic rings. The Morgan fingerprint density at radius 3 is 2.60 bits per heavy atom. The van der Waals surface area contributed by atoms with Gasteiger partial charge in [-0.3, -0.25) is 0 Å². The number of hydrogen-bond acceptors (Lipinski definition) is 3. The Morgan fingerprint density at radius 1 is 1.05 bits per heavy atom. The highest BCUT2D eigenvalue weighted by Gasteiger charge is 2.28. The fraction of sp³-hybridized carbons (Fsp3) is 0.200. The lowest BCUT2D eigenvalue weighted by Crippen LogP contribution is -2.19. The van der Waals surface area contributed by atoms with Crippen molar-refractivity contribution in [1.82, 2.24) is 0 Å². The van der Waals surface area contributed by atoms with Crippen LogP contribution in [0.15, 0.2) is 36.4 Å². The number of rotatable bonds is 1. The Hall–Kier alpha value is -2.14. The third kappa shape index (κ3) is 2.32. The summed E-state index contributed by atoms with van der Waals surface area (Å²) in [5, 5.41) is 19.5. The highest BCUT2D eigenvalue weighted by atomic mass is 19.1. The molecular weight excluding hydrogens is 266 g/mol. The van der Waals surface area contributed by atoms with E-state index in [0.29, 0.717) is 11.1 Å². The minimum absolute atomic E-state index is 0.210. The van der Waals surface area contributed by atoms with Crippen LogP contribution in [0, 0.1) is 11.6 Å². The smallest absolute Gasteiger partial charge is 0.128 e. The molecule has 0 fully saturated rings. The van der Waals surface area contributed by atoms with Gasteiger partial charge in [0.15, 0.2) is 0 Å². The van der Waals surface area contributed by atoms with E-state index in [1.54, 1.807) is 0 Å². The average molecular weight is 278 g/mol. The second-order valence-corrected chi connectivity index (χ2v) is 4.78. The molecule has 2 aromatic carbocycles. The van der Waals surface area contributed by atoms with Crippen LogP contribution in [0.25, 0.3) is 0 Å². The summed E-state index contributed by atoms with van der Waals surface area (Å²) in [5.74, 6) is -1.05. The SMILES string of the molecule is Oc1cc(F)cc(C2C[C@H](O)c3ccc(F)cc3O2)c1. The number of aliphatic hydroxyl groups is 1. The molecule has 2 N–H and O–H groups in total. The molecular formula is C15H12F2O3. The van der Waals surface area contributed by atoms with Crippen molar-refractivity contribution in [3.8, 4) is 11.5 Å². The van der Waals surface area contributed by atoms with Gasteiger partial charge < -0.3 is 14.9 Å². The first-order valence-corrected chi connectivity index (χ1v) is 6.16. The van der Waals surface area contributed by atoms with Crippen LogP contribution in [0.4, 0.5) is 8.78 Å². The molecule has 3 rings (SSSR count). The molecule has 0 bridgehead atoms. The standard InChI is InChI=1S/C15H12F2O3/c16-9-1-2-12-13(19)7-14(20-15(12)6-9)8-3-10(17)5-11(18)4-8/h1-6,13-14,18-19H,7H2/t13-,14?/m0/s1. The van der Waals surface area contributed by atoms with Gasteiger partial charge in [-0.1, -0.05) is 0 Å². The number of hydrogen-bond donors (Lipinski definition) is 2. The van der Waals surface area contributed by atoms with Gasteiger partial charge >= 0.3 is 0 Å². The molecule has 0 spiro atoms. The lowest BCUT2D eigenvalue weighted by Gasteiger charge is -2.30. The van der Waals surface area contributed by atoms with E-state index >= 15 is 0 Å². The van der Waals surface area contributed by atoms with Crippen molar-refractivity contribution in [3.63, 3.8) is 0 Å². The number of phenols is 1. The maximum absolute atomic E-state index is 13.3. The number of halogens is 2. The summed E-state index contributed by atoms with van der Waals surface area (Å²) in [6.45, 7) is 0. The third-order valence-corrected chi connectivity index (χ3v) is 3.32. The molecule has 1 aliphatic heterocycles. The van der Waals surface area contributed by atoms with Crippen molar-refractivity contribution < 1.29 is 23.7 Å². The van der Waals surface area contributed by atoms with Crippen LogP contribution in [0.1, 0.15) is 29.8 Å². The number of phenolic OH excluding ortho intramolecular Hbond substituents is 1. The Labute approximate surface area is 114 Å². The number of fused-ring (bicyclic) bond motifs is 1. The zero-order valence-electron chi connectivity index (χ0n) is 10.4. The summed E-state index contributed by atoms with van der Waals surface area (Å²) in [7, 11) is 0. The van der Waals surface area contributed by atoms with Crippen molar-refractivity contribution in [2.75, 3.05) is 0 Å². The molecule has 0 amide bonds. The molecule has 104 valence electrons. The summed E-state index contributed by atoms with van der Waals surface area (Å²) in [6, 6.07) is 7.47. The molecule has 20 heavy (non-hydrogen) atoms. The van der Waals surface area contributed by atoms with Crippen LogP contribution in [0.5, 0.6) is 11.5 Å². The third-order valence-electron chi connectivity index (χ3n) is 3.32.